The van der Waals surface area contributed by atoms with Crippen molar-refractivity contribution in [2.75, 3.05) is 21.3 Å². The van der Waals surface area contributed by atoms with Crippen molar-refractivity contribution >= 4 is 17.9 Å². The number of aromatic nitrogens is 3. The van der Waals surface area contributed by atoms with Crippen LogP contribution >= 0.6 is 0 Å². The largest absolute Gasteiger partial charge is 0.468 e. The predicted octanol–water partition coefficient (Wildman–Crippen LogP) is 7.00. The molecule has 12 nitrogen and oxygen atoms in total. The number of nitrogens with zero attached hydrogens (tertiary/aromatic N) is 3. The van der Waals surface area contributed by atoms with Gasteiger partial charge in [-0.05, 0) is 90.1 Å². The fraction of sp³-hybridized carbons (Fsp3) is 0.333. The quantitative estimate of drug-likeness (QED) is 0.0284. The van der Waals surface area contributed by atoms with Crippen molar-refractivity contribution in [3.05, 3.63) is 231 Å². The highest BCUT2D eigenvalue weighted by Crippen LogP contribution is 2.31. The van der Waals surface area contributed by atoms with Crippen molar-refractivity contribution in [1.82, 2.24) is 16.0 Å². The smallest absolute Gasteiger partial charge is 0.323 e. The standard InChI is InChI=1S/C63H75N6O6/c1-7-52-55(43-67-31-19-28-49(40-67)37-64-58(61(70)73-4)34-46-22-13-10-14-23-46)53(8-2)57(45-69-33-21-30-51(42-69)39-66-60(63(72)75-6)36-48-26-17-12-18-27-48)54(9-3)56(52)44-68-32-20-29-50(41-68)38-65-59(62(71)74-5)35-47-24-15-11-16-25-47/h10-33,40-42,58-60,64-66H,7-9,34-39,43-45H2,1-6H3/q+3/t58-,59-,60-/m0/s1. The molecule has 0 spiro atoms. The molecule has 0 unspecified atom stereocenters. The third-order valence-electron chi connectivity index (χ3n) is 14.0. The van der Waals surface area contributed by atoms with Crippen LogP contribution in [0, 0.1) is 0 Å². The number of nitrogens with one attached hydrogen (secondary N) is 3. The molecule has 0 aliphatic rings. The summed E-state index contributed by atoms with van der Waals surface area (Å²) in [5.74, 6) is -0.875. The molecule has 75 heavy (non-hydrogen) atoms. The molecule has 390 valence electrons. The van der Waals surface area contributed by atoms with E-state index >= 15 is 0 Å². The van der Waals surface area contributed by atoms with Gasteiger partial charge < -0.3 is 14.2 Å². The van der Waals surface area contributed by atoms with Gasteiger partial charge in [-0.1, -0.05) is 112 Å². The number of methoxy groups -OCH3 is 3. The van der Waals surface area contributed by atoms with Crippen LogP contribution in [0.3, 0.4) is 0 Å². The summed E-state index contributed by atoms with van der Waals surface area (Å²) in [6.07, 6.45) is 17.0. The number of hydrogen-bond acceptors (Lipinski definition) is 9. The van der Waals surface area contributed by atoms with E-state index in [0.29, 0.717) is 58.5 Å². The molecule has 7 rings (SSSR count). The van der Waals surface area contributed by atoms with E-state index in [-0.39, 0.29) is 17.9 Å². The van der Waals surface area contributed by atoms with Gasteiger partial charge in [-0.15, -0.1) is 0 Å². The number of pyridine rings is 3. The van der Waals surface area contributed by atoms with E-state index in [1.54, 1.807) is 0 Å². The van der Waals surface area contributed by atoms with Crippen molar-refractivity contribution in [3.63, 3.8) is 0 Å². The second-order valence-electron chi connectivity index (χ2n) is 19.0. The Bertz CT molecular complexity index is 2610. The lowest BCUT2D eigenvalue weighted by Gasteiger charge is -2.23. The van der Waals surface area contributed by atoms with Gasteiger partial charge in [0.15, 0.2) is 56.8 Å². The van der Waals surface area contributed by atoms with Gasteiger partial charge in [-0.2, -0.15) is 0 Å². The van der Waals surface area contributed by atoms with Gasteiger partial charge in [0.25, 0.3) is 0 Å². The second kappa shape index (κ2) is 28.3. The number of carbonyl (C=O) groups is 3. The van der Waals surface area contributed by atoms with Crippen molar-refractivity contribution in [2.45, 2.75) is 117 Å². The molecule has 3 aromatic heterocycles. The first-order valence-electron chi connectivity index (χ1n) is 26.3. The van der Waals surface area contributed by atoms with Crippen LogP contribution < -0.4 is 29.7 Å². The Kier molecular flexibility index (Phi) is 20.9. The maximum atomic E-state index is 13.0. The Balaban J connectivity index is 1.22. The van der Waals surface area contributed by atoms with Gasteiger partial charge in [0.05, 0.1) is 21.3 Å². The summed E-state index contributed by atoms with van der Waals surface area (Å²) in [6.45, 7) is 10.2. The Hall–Kier alpha value is -7.38. The molecule has 3 atom stereocenters. The second-order valence-corrected chi connectivity index (χ2v) is 19.0. The number of rotatable bonds is 27. The lowest BCUT2D eigenvalue weighted by atomic mass is 9.83. The Labute approximate surface area is 443 Å². The fourth-order valence-corrected chi connectivity index (χ4v) is 10.2. The van der Waals surface area contributed by atoms with E-state index in [0.717, 1.165) is 52.6 Å². The van der Waals surface area contributed by atoms with Crippen molar-refractivity contribution in [1.29, 1.82) is 0 Å². The van der Waals surface area contributed by atoms with Crippen LogP contribution in [-0.4, -0.2) is 57.4 Å². The molecule has 0 saturated heterocycles. The summed E-state index contributed by atoms with van der Waals surface area (Å²) in [5, 5.41) is 10.5. The van der Waals surface area contributed by atoms with E-state index in [4.69, 9.17) is 14.2 Å². The summed E-state index contributed by atoms with van der Waals surface area (Å²) >= 11 is 0. The van der Waals surface area contributed by atoms with Gasteiger partial charge in [0.1, 0.15) is 18.1 Å². The highest BCUT2D eigenvalue weighted by molar-refractivity contribution is 5.77. The average molecular weight is 1010 g/mol. The molecule has 0 saturated carbocycles. The number of hydrogen-bond donors (Lipinski definition) is 3. The van der Waals surface area contributed by atoms with Gasteiger partial charge in [-0.25, -0.2) is 13.7 Å². The van der Waals surface area contributed by atoms with Crippen LogP contribution in [-0.2, 0) is 106 Å². The van der Waals surface area contributed by atoms with Crippen molar-refractivity contribution in [3.8, 4) is 0 Å². The maximum absolute atomic E-state index is 13.0. The minimum atomic E-state index is -0.498. The van der Waals surface area contributed by atoms with Crippen LogP contribution in [0.5, 0.6) is 0 Å². The van der Waals surface area contributed by atoms with E-state index in [1.807, 2.05) is 91.0 Å². The summed E-state index contributed by atoms with van der Waals surface area (Å²) in [6, 6.07) is 41.1. The summed E-state index contributed by atoms with van der Waals surface area (Å²) in [4.78, 5) is 38.9. The number of esters is 3. The van der Waals surface area contributed by atoms with Crippen LogP contribution in [0.15, 0.2) is 165 Å². The van der Waals surface area contributed by atoms with E-state index < -0.39 is 18.1 Å². The first-order chi connectivity index (χ1) is 36.6. The van der Waals surface area contributed by atoms with Crippen LogP contribution in [0.1, 0.15) is 87.5 Å². The Morgan fingerprint density at radius 2 is 0.627 bits per heavy atom. The molecule has 0 bridgehead atoms. The highest BCUT2D eigenvalue weighted by Gasteiger charge is 2.29. The van der Waals surface area contributed by atoms with Crippen molar-refractivity contribution < 1.29 is 42.3 Å². The number of carbonyl (C=O) groups excluding carboxylic acids is 3. The minimum absolute atomic E-state index is 0.292. The molecule has 0 fully saturated rings. The molecule has 0 radical (unpaired) electrons. The molecule has 7 aromatic rings. The summed E-state index contributed by atoms with van der Waals surface area (Å²) < 4.78 is 22.5. The molecule has 0 amide bonds. The van der Waals surface area contributed by atoms with Crippen LogP contribution in [0.25, 0.3) is 0 Å². The van der Waals surface area contributed by atoms with Crippen LogP contribution in [0.2, 0.25) is 0 Å². The highest BCUT2D eigenvalue weighted by atomic mass is 16.5. The minimum Gasteiger partial charge on any atom is -0.468 e. The van der Waals surface area contributed by atoms with Gasteiger partial charge >= 0.3 is 17.9 Å². The van der Waals surface area contributed by atoms with Gasteiger partial charge in [-0.3, -0.25) is 30.3 Å². The normalized spacial score (nSPS) is 12.4. The number of ether oxygens (including phenoxy) is 3. The zero-order valence-corrected chi connectivity index (χ0v) is 44.6. The third kappa shape index (κ3) is 15.6. The average Bonchev–Trinajstić information content (AvgIpc) is 3.45. The van der Waals surface area contributed by atoms with Gasteiger partial charge in [0, 0.05) is 71.2 Å². The first kappa shape index (κ1) is 55.4. The molecular weight excluding hydrogens is 937 g/mol. The first-order valence-corrected chi connectivity index (χ1v) is 26.3. The lowest BCUT2D eigenvalue weighted by Crippen LogP contribution is -2.41. The van der Waals surface area contributed by atoms with Crippen LogP contribution in [0.4, 0.5) is 0 Å². The Morgan fingerprint density at radius 1 is 0.373 bits per heavy atom. The fourth-order valence-electron chi connectivity index (χ4n) is 10.2. The third-order valence-corrected chi connectivity index (χ3v) is 14.0. The Morgan fingerprint density at radius 3 is 0.867 bits per heavy atom. The molecule has 0 aliphatic carbocycles. The van der Waals surface area contributed by atoms with E-state index in [1.165, 1.54) is 54.7 Å². The molecular formula is C63H75N6O6+3. The maximum Gasteiger partial charge on any atom is 0.323 e. The summed E-state index contributed by atoms with van der Waals surface area (Å²) in [7, 11) is 4.31. The molecule has 3 N–H and O–H groups in total. The van der Waals surface area contributed by atoms with E-state index in [9.17, 15) is 14.4 Å². The zero-order chi connectivity index (χ0) is 52.9. The van der Waals surface area contributed by atoms with E-state index in [2.05, 4.69) is 124 Å². The molecule has 3 heterocycles. The molecule has 0 aliphatic heterocycles. The molecule has 4 aromatic carbocycles. The number of benzene rings is 4. The zero-order valence-electron chi connectivity index (χ0n) is 44.6. The topological polar surface area (TPSA) is 127 Å². The van der Waals surface area contributed by atoms with Gasteiger partial charge in [0.2, 0.25) is 0 Å². The monoisotopic (exact) mass is 1010 g/mol. The lowest BCUT2D eigenvalue weighted by molar-refractivity contribution is -0.691. The van der Waals surface area contributed by atoms with Crippen molar-refractivity contribution in [2.24, 2.45) is 0 Å². The SMILES string of the molecule is CCc1c(C[n+]2cccc(CN[C@@H](Cc3ccccc3)C(=O)OC)c2)c(CC)c(C[n+]2cccc(CN[C@@H](Cc3ccccc3)C(=O)OC)c2)c(CC)c1C[n+]1cccc(CN[C@@H](Cc2ccccc2)C(=O)OC)c1. The predicted molar refractivity (Wildman–Crippen MR) is 290 cm³/mol. The molecule has 12 heteroatoms. The summed E-state index contributed by atoms with van der Waals surface area (Å²) in [5.41, 5.74) is 14.3.